The molecule has 1 N–H and O–H groups in total. The fraction of sp³-hybridized carbons (Fsp3) is 0.429. The molecule has 2 aromatic rings. The minimum absolute atomic E-state index is 0.877. The number of hydrogen-bond donors (Lipinski definition) is 1. The summed E-state index contributed by atoms with van der Waals surface area (Å²) >= 11 is 0. The van der Waals surface area contributed by atoms with Crippen LogP contribution in [-0.2, 0) is 19.9 Å². The standard InChI is InChI=1S/C14H20N4/c1-3-7-13-16-14(18(2)17-13)10-11-15-12-8-5-4-6-9-12/h4-6,8-9,15H,3,7,10-11H2,1-2H3. The number of nitrogens with one attached hydrogen (secondary N) is 1. The maximum Gasteiger partial charge on any atom is 0.150 e. The van der Waals surface area contributed by atoms with E-state index in [9.17, 15) is 0 Å². The summed E-state index contributed by atoms with van der Waals surface area (Å²) in [6.45, 7) is 3.02. The fourth-order valence-electron chi connectivity index (χ4n) is 1.90. The third kappa shape index (κ3) is 3.32. The van der Waals surface area contributed by atoms with Crippen LogP contribution in [0.5, 0.6) is 0 Å². The van der Waals surface area contributed by atoms with Gasteiger partial charge in [0.05, 0.1) is 0 Å². The third-order valence-electron chi connectivity index (χ3n) is 2.82. The summed E-state index contributed by atoms with van der Waals surface area (Å²) in [5, 5.41) is 7.78. The van der Waals surface area contributed by atoms with Crippen LogP contribution in [0.25, 0.3) is 0 Å². The van der Waals surface area contributed by atoms with Crippen molar-refractivity contribution in [3.05, 3.63) is 42.0 Å². The zero-order chi connectivity index (χ0) is 12.8. The lowest BCUT2D eigenvalue weighted by atomic mass is 10.3. The minimum atomic E-state index is 0.877. The van der Waals surface area contributed by atoms with Crippen LogP contribution in [0.4, 0.5) is 5.69 Å². The van der Waals surface area contributed by atoms with E-state index in [-0.39, 0.29) is 0 Å². The molecule has 0 aliphatic heterocycles. The lowest BCUT2D eigenvalue weighted by Gasteiger charge is -2.05. The van der Waals surface area contributed by atoms with E-state index < -0.39 is 0 Å². The Kier molecular flexibility index (Phi) is 4.34. The summed E-state index contributed by atoms with van der Waals surface area (Å²) in [6.07, 6.45) is 2.94. The zero-order valence-corrected chi connectivity index (χ0v) is 11.1. The fourth-order valence-corrected chi connectivity index (χ4v) is 1.90. The van der Waals surface area contributed by atoms with E-state index in [2.05, 4.69) is 34.5 Å². The Labute approximate surface area is 108 Å². The first-order chi connectivity index (χ1) is 8.79. The molecule has 1 aromatic heterocycles. The second-order valence-electron chi connectivity index (χ2n) is 4.36. The smallest absolute Gasteiger partial charge is 0.150 e. The summed E-state index contributed by atoms with van der Waals surface area (Å²) < 4.78 is 1.89. The summed E-state index contributed by atoms with van der Waals surface area (Å²) in [5.74, 6) is 2.00. The Balaban J connectivity index is 1.86. The van der Waals surface area contributed by atoms with Gasteiger partial charge >= 0.3 is 0 Å². The zero-order valence-electron chi connectivity index (χ0n) is 11.1. The lowest BCUT2D eigenvalue weighted by molar-refractivity contribution is 0.690. The summed E-state index contributed by atoms with van der Waals surface area (Å²) in [7, 11) is 1.96. The van der Waals surface area contributed by atoms with Crippen molar-refractivity contribution >= 4 is 5.69 Å². The number of hydrogen-bond acceptors (Lipinski definition) is 3. The van der Waals surface area contributed by atoms with Crippen molar-refractivity contribution in [1.29, 1.82) is 0 Å². The molecule has 0 atom stereocenters. The molecule has 0 unspecified atom stereocenters. The topological polar surface area (TPSA) is 42.7 Å². The van der Waals surface area contributed by atoms with Crippen LogP contribution in [-0.4, -0.2) is 21.3 Å². The number of anilines is 1. The molecule has 1 aromatic carbocycles. The molecule has 18 heavy (non-hydrogen) atoms. The van der Waals surface area contributed by atoms with Crippen LogP contribution < -0.4 is 5.32 Å². The lowest BCUT2D eigenvalue weighted by Crippen LogP contribution is -2.09. The van der Waals surface area contributed by atoms with Gasteiger partial charge in [0, 0.05) is 32.1 Å². The van der Waals surface area contributed by atoms with Crippen molar-refractivity contribution in [2.45, 2.75) is 26.2 Å². The molecule has 0 aliphatic rings. The molecule has 0 amide bonds. The Morgan fingerprint density at radius 1 is 1.17 bits per heavy atom. The molecular weight excluding hydrogens is 224 g/mol. The van der Waals surface area contributed by atoms with Crippen LogP contribution in [0, 0.1) is 0 Å². The summed E-state index contributed by atoms with van der Waals surface area (Å²) in [6, 6.07) is 10.2. The Bertz CT molecular complexity index is 476. The molecule has 0 saturated heterocycles. The number of para-hydroxylation sites is 1. The Hall–Kier alpha value is -1.84. The number of nitrogens with zero attached hydrogens (tertiary/aromatic N) is 3. The van der Waals surface area contributed by atoms with Crippen molar-refractivity contribution in [2.24, 2.45) is 7.05 Å². The van der Waals surface area contributed by atoms with Crippen LogP contribution >= 0.6 is 0 Å². The van der Waals surface area contributed by atoms with Crippen molar-refractivity contribution < 1.29 is 0 Å². The van der Waals surface area contributed by atoms with Gasteiger partial charge in [-0.3, -0.25) is 4.68 Å². The molecule has 96 valence electrons. The van der Waals surface area contributed by atoms with Gasteiger partial charge in [-0.05, 0) is 18.6 Å². The predicted octanol–water partition coefficient (Wildman–Crippen LogP) is 2.42. The first-order valence-corrected chi connectivity index (χ1v) is 6.47. The maximum absolute atomic E-state index is 4.54. The monoisotopic (exact) mass is 244 g/mol. The maximum atomic E-state index is 4.54. The van der Waals surface area contributed by atoms with E-state index >= 15 is 0 Å². The van der Waals surface area contributed by atoms with Gasteiger partial charge in [-0.1, -0.05) is 25.1 Å². The molecule has 4 heteroatoms. The summed E-state index contributed by atoms with van der Waals surface area (Å²) in [5.41, 5.74) is 1.15. The molecule has 1 heterocycles. The van der Waals surface area contributed by atoms with Gasteiger partial charge in [-0.2, -0.15) is 5.10 Å². The SMILES string of the molecule is CCCc1nc(CCNc2ccccc2)n(C)n1. The highest BCUT2D eigenvalue weighted by Crippen LogP contribution is 2.06. The van der Waals surface area contributed by atoms with Crippen molar-refractivity contribution in [3.63, 3.8) is 0 Å². The number of benzene rings is 1. The summed E-state index contributed by atoms with van der Waals surface area (Å²) in [4.78, 5) is 4.54. The van der Waals surface area contributed by atoms with Gasteiger partial charge in [0.2, 0.25) is 0 Å². The number of aryl methyl sites for hydroxylation is 2. The van der Waals surface area contributed by atoms with Crippen molar-refractivity contribution in [2.75, 3.05) is 11.9 Å². The predicted molar refractivity (Wildman–Crippen MR) is 73.6 cm³/mol. The van der Waals surface area contributed by atoms with Gasteiger partial charge in [0.25, 0.3) is 0 Å². The van der Waals surface area contributed by atoms with Crippen LogP contribution in [0.15, 0.2) is 30.3 Å². The van der Waals surface area contributed by atoms with E-state index in [4.69, 9.17) is 0 Å². The molecule has 0 fully saturated rings. The molecule has 0 saturated carbocycles. The highest BCUT2D eigenvalue weighted by atomic mass is 15.3. The normalized spacial score (nSPS) is 10.6. The molecule has 2 rings (SSSR count). The van der Waals surface area contributed by atoms with Gasteiger partial charge < -0.3 is 5.32 Å². The van der Waals surface area contributed by atoms with Crippen molar-refractivity contribution in [3.8, 4) is 0 Å². The average Bonchev–Trinajstić information content (AvgIpc) is 2.72. The first kappa shape index (κ1) is 12.6. The van der Waals surface area contributed by atoms with Gasteiger partial charge in [0.15, 0.2) is 5.82 Å². The first-order valence-electron chi connectivity index (χ1n) is 6.47. The van der Waals surface area contributed by atoms with E-state index in [0.29, 0.717) is 0 Å². The van der Waals surface area contributed by atoms with E-state index in [0.717, 1.165) is 43.1 Å². The quantitative estimate of drug-likeness (QED) is 0.848. The second-order valence-corrected chi connectivity index (χ2v) is 4.36. The highest BCUT2D eigenvalue weighted by molar-refractivity contribution is 5.42. The van der Waals surface area contributed by atoms with Crippen LogP contribution in [0.1, 0.15) is 25.0 Å². The van der Waals surface area contributed by atoms with E-state index in [1.807, 2.05) is 29.9 Å². The third-order valence-corrected chi connectivity index (χ3v) is 2.82. The molecule has 0 aliphatic carbocycles. The largest absolute Gasteiger partial charge is 0.385 e. The van der Waals surface area contributed by atoms with Crippen LogP contribution in [0.3, 0.4) is 0 Å². The second kappa shape index (κ2) is 6.19. The van der Waals surface area contributed by atoms with Crippen LogP contribution in [0.2, 0.25) is 0 Å². The average molecular weight is 244 g/mol. The molecule has 0 spiro atoms. The van der Waals surface area contributed by atoms with E-state index in [1.165, 1.54) is 0 Å². The van der Waals surface area contributed by atoms with Crippen molar-refractivity contribution in [1.82, 2.24) is 14.8 Å². The van der Waals surface area contributed by atoms with E-state index in [1.54, 1.807) is 0 Å². The molecule has 4 nitrogen and oxygen atoms in total. The minimum Gasteiger partial charge on any atom is -0.385 e. The Morgan fingerprint density at radius 2 is 1.94 bits per heavy atom. The van der Waals surface area contributed by atoms with Gasteiger partial charge in [-0.15, -0.1) is 0 Å². The Morgan fingerprint density at radius 3 is 2.67 bits per heavy atom. The molecular formula is C14H20N4. The number of rotatable bonds is 6. The molecule has 0 radical (unpaired) electrons. The number of aromatic nitrogens is 3. The van der Waals surface area contributed by atoms with Gasteiger partial charge in [0.1, 0.15) is 5.82 Å². The molecule has 0 bridgehead atoms. The van der Waals surface area contributed by atoms with Gasteiger partial charge in [-0.25, -0.2) is 4.98 Å². The highest BCUT2D eigenvalue weighted by Gasteiger charge is 2.05.